The molecule has 2 nitrogen and oxygen atoms in total. The molecule has 0 radical (unpaired) electrons. The predicted molar refractivity (Wildman–Crippen MR) is 48.2 cm³/mol. The lowest BCUT2D eigenvalue weighted by Crippen LogP contribution is -2.45. The molecule has 0 amide bonds. The minimum Gasteiger partial charge on any atom is -0.376 e. The summed E-state index contributed by atoms with van der Waals surface area (Å²) in [6, 6.07) is 0. The van der Waals surface area contributed by atoms with E-state index in [0.29, 0.717) is 6.17 Å². The Morgan fingerprint density at radius 1 is 1.64 bits per heavy atom. The van der Waals surface area contributed by atoms with Gasteiger partial charge in [-0.1, -0.05) is 13.8 Å². The zero-order valence-corrected chi connectivity index (χ0v) is 7.72. The fourth-order valence-corrected chi connectivity index (χ4v) is 1.46. The summed E-state index contributed by atoms with van der Waals surface area (Å²) in [5.41, 5.74) is 1.50. The third-order valence-electron chi connectivity index (χ3n) is 2.31. The van der Waals surface area contributed by atoms with Crippen LogP contribution in [-0.4, -0.2) is 24.7 Å². The van der Waals surface area contributed by atoms with Gasteiger partial charge in [0, 0.05) is 6.54 Å². The highest BCUT2D eigenvalue weighted by Gasteiger charge is 2.15. The van der Waals surface area contributed by atoms with Gasteiger partial charge in [-0.3, -0.25) is 4.90 Å². The van der Waals surface area contributed by atoms with Crippen molar-refractivity contribution in [3.63, 3.8) is 0 Å². The molecule has 1 atom stereocenters. The highest BCUT2D eigenvalue weighted by Crippen LogP contribution is 2.10. The molecule has 1 unspecified atom stereocenters. The summed E-state index contributed by atoms with van der Waals surface area (Å²) in [5, 5.41) is 3.38. The van der Waals surface area contributed by atoms with Crippen molar-refractivity contribution < 1.29 is 0 Å². The molecule has 2 heteroatoms. The molecule has 64 valence electrons. The number of likely N-dealkylation sites (N-methyl/N-ethyl adjacent to an activating group) is 1. The van der Waals surface area contributed by atoms with Gasteiger partial charge in [0.1, 0.15) is 0 Å². The van der Waals surface area contributed by atoms with E-state index in [-0.39, 0.29) is 0 Å². The Labute approximate surface area is 69.3 Å². The van der Waals surface area contributed by atoms with Gasteiger partial charge in [-0.05, 0) is 31.7 Å². The van der Waals surface area contributed by atoms with Crippen molar-refractivity contribution in [2.24, 2.45) is 0 Å². The summed E-state index contributed by atoms with van der Waals surface area (Å²) < 4.78 is 0. The quantitative estimate of drug-likeness (QED) is 0.649. The van der Waals surface area contributed by atoms with Crippen LogP contribution in [0.25, 0.3) is 0 Å². The Bertz CT molecular complexity index is 152. The number of rotatable bonds is 2. The summed E-state index contributed by atoms with van der Waals surface area (Å²) in [4.78, 5) is 2.36. The molecule has 0 fully saturated rings. The predicted octanol–water partition coefficient (Wildman–Crippen LogP) is 1.55. The van der Waals surface area contributed by atoms with Crippen LogP contribution in [0.5, 0.6) is 0 Å². The van der Waals surface area contributed by atoms with Crippen molar-refractivity contribution in [1.29, 1.82) is 0 Å². The van der Waals surface area contributed by atoms with Gasteiger partial charge < -0.3 is 5.32 Å². The molecule has 0 aromatic heterocycles. The highest BCUT2D eigenvalue weighted by atomic mass is 15.3. The van der Waals surface area contributed by atoms with Gasteiger partial charge in [0.25, 0.3) is 0 Å². The average molecular weight is 154 g/mol. The van der Waals surface area contributed by atoms with Crippen molar-refractivity contribution in [3.05, 3.63) is 11.8 Å². The van der Waals surface area contributed by atoms with Crippen molar-refractivity contribution in [2.45, 2.75) is 32.9 Å². The second kappa shape index (κ2) is 3.77. The fraction of sp³-hybridized carbons (Fsp3) is 0.778. The third kappa shape index (κ3) is 1.96. The molecule has 11 heavy (non-hydrogen) atoms. The molecule has 1 N–H and O–H groups in total. The second-order valence-electron chi connectivity index (χ2n) is 3.16. The molecule has 1 heterocycles. The van der Waals surface area contributed by atoms with E-state index in [1.165, 1.54) is 12.0 Å². The van der Waals surface area contributed by atoms with E-state index >= 15 is 0 Å². The van der Waals surface area contributed by atoms with Crippen LogP contribution >= 0.6 is 0 Å². The van der Waals surface area contributed by atoms with Gasteiger partial charge in [0.15, 0.2) is 0 Å². The Balaban J connectivity index is 2.51. The van der Waals surface area contributed by atoms with Gasteiger partial charge in [-0.2, -0.15) is 0 Å². The molecule has 0 spiro atoms. The summed E-state index contributed by atoms with van der Waals surface area (Å²) in [7, 11) is 2.17. The highest BCUT2D eigenvalue weighted by molar-refractivity contribution is 5.06. The molecule has 0 aliphatic carbocycles. The van der Waals surface area contributed by atoms with E-state index in [4.69, 9.17) is 0 Å². The summed E-state index contributed by atoms with van der Waals surface area (Å²) >= 11 is 0. The van der Waals surface area contributed by atoms with Crippen molar-refractivity contribution >= 4 is 0 Å². The van der Waals surface area contributed by atoms with Crippen molar-refractivity contribution in [1.82, 2.24) is 10.2 Å². The molecule has 1 aliphatic rings. The van der Waals surface area contributed by atoms with Gasteiger partial charge in [-0.25, -0.2) is 0 Å². The lowest BCUT2D eigenvalue weighted by molar-refractivity contribution is 0.215. The van der Waals surface area contributed by atoms with E-state index in [0.717, 1.165) is 13.0 Å². The SMILES string of the molecule is CCC1=CNC(CC)N(C)C1. The largest absolute Gasteiger partial charge is 0.376 e. The summed E-state index contributed by atoms with van der Waals surface area (Å²) in [6.07, 6.45) is 5.05. The Hall–Kier alpha value is -0.500. The third-order valence-corrected chi connectivity index (χ3v) is 2.31. The minimum absolute atomic E-state index is 0.547. The van der Waals surface area contributed by atoms with Crippen molar-refractivity contribution in [3.8, 4) is 0 Å². The van der Waals surface area contributed by atoms with E-state index < -0.39 is 0 Å². The normalized spacial score (nSPS) is 26.1. The maximum atomic E-state index is 3.38. The minimum atomic E-state index is 0.547. The molecule has 1 rings (SSSR count). The summed E-state index contributed by atoms with van der Waals surface area (Å²) in [5.74, 6) is 0. The first-order chi connectivity index (χ1) is 5.27. The zero-order chi connectivity index (χ0) is 8.27. The molecule has 0 aromatic carbocycles. The summed E-state index contributed by atoms with van der Waals surface area (Å²) in [6.45, 7) is 5.54. The number of hydrogen-bond acceptors (Lipinski definition) is 2. The zero-order valence-electron chi connectivity index (χ0n) is 7.72. The van der Waals surface area contributed by atoms with E-state index in [2.05, 4.69) is 37.3 Å². The molecular weight excluding hydrogens is 136 g/mol. The van der Waals surface area contributed by atoms with Crippen LogP contribution in [0.15, 0.2) is 11.8 Å². The van der Waals surface area contributed by atoms with Crippen LogP contribution in [0.3, 0.4) is 0 Å². The van der Waals surface area contributed by atoms with Crippen LogP contribution in [0.2, 0.25) is 0 Å². The van der Waals surface area contributed by atoms with E-state index in [1.807, 2.05) is 0 Å². The van der Waals surface area contributed by atoms with E-state index in [9.17, 15) is 0 Å². The van der Waals surface area contributed by atoms with Gasteiger partial charge in [0.05, 0.1) is 6.17 Å². The van der Waals surface area contributed by atoms with Crippen LogP contribution in [0.1, 0.15) is 26.7 Å². The molecule has 0 aromatic rings. The maximum Gasteiger partial charge on any atom is 0.0785 e. The number of nitrogens with zero attached hydrogens (tertiary/aromatic N) is 1. The first-order valence-corrected chi connectivity index (χ1v) is 4.42. The Morgan fingerprint density at radius 3 is 2.82 bits per heavy atom. The lowest BCUT2D eigenvalue weighted by Gasteiger charge is -2.32. The smallest absolute Gasteiger partial charge is 0.0785 e. The first-order valence-electron chi connectivity index (χ1n) is 4.42. The standard InChI is InChI=1S/C9H18N2/c1-4-8-6-10-9(5-2)11(3)7-8/h6,9-10H,4-5,7H2,1-3H3. The van der Waals surface area contributed by atoms with Gasteiger partial charge in [-0.15, -0.1) is 0 Å². The van der Waals surface area contributed by atoms with Crippen LogP contribution in [0.4, 0.5) is 0 Å². The number of nitrogens with one attached hydrogen (secondary N) is 1. The van der Waals surface area contributed by atoms with Crippen LogP contribution in [-0.2, 0) is 0 Å². The van der Waals surface area contributed by atoms with E-state index in [1.54, 1.807) is 0 Å². The second-order valence-corrected chi connectivity index (χ2v) is 3.16. The average Bonchev–Trinajstić information content (AvgIpc) is 2.04. The monoisotopic (exact) mass is 154 g/mol. The number of hydrogen-bond donors (Lipinski definition) is 1. The molecule has 0 saturated carbocycles. The van der Waals surface area contributed by atoms with Crippen LogP contribution < -0.4 is 5.32 Å². The van der Waals surface area contributed by atoms with Crippen molar-refractivity contribution in [2.75, 3.05) is 13.6 Å². The van der Waals surface area contributed by atoms with Gasteiger partial charge >= 0.3 is 0 Å². The Kier molecular flexibility index (Phi) is 2.94. The topological polar surface area (TPSA) is 15.3 Å². The Morgan fingerprint density at radius 2 is 2.36 bits per heavy atom. The molecular formula is C9H18N2. The molecule has 0 saturated heterocycles. The molecule has 0 bridgehead atoms. The lowest BCUT2D eigenvalue weighted by atomic mass is 10.1. The van der Waals surface area contributed by atoms with Crippen LogP contribution in [0, 0.1) is 0 Å². The van der Waals surface area contributed by atoms with Gasteiger partial charge in [0.2, 0.25) is 0 Å². The fourth-order valence-electron chi connectivity index (χ4n) is 1.46. The molecule has 1 aliphatic heterocycles. The first kappa shape index (κ1) is 8.60. The maximum absolute atomic E-state index is 3.38.